The number of hydrogen-bond donors (Lipinski definition) is 1. The van der Waals surface area contributed by atoms with Gasteiger partial charge in [0.25, 0.3) is 0 Å². The molecule has 0 radical (unpaired) electrons. The Bertz CT molecular complexity index is 860. The smallest absolute Gasteiger partial charge is 0.138 e. The summed E-state index contributed by atoms with van der Waals surface area (Å²) in [5, 5.41) is 0. The van der Waals surface area contributed by atoms with E-state index in [0.717, 1.165) is 29.3 Å². The van der Waals surface area contributed by atoms with Crippen LogP contribution >= 0.6 is 0 Å². The normalized spacial score (nSPS) is 18.8. The van der Waals surface area contributed by atoms with Crippen molar-refractivity contribution >= 4 is 11.0 Å². The number of piperidine rings is 1. The van der Waals surface area contributed by atoms with Crippen LogP contribution in [0.4, 0.5) is 0 Å². The largest absolute Gasteiger partial charge is 0.338 e. The number of para-hydroxylation sites is 2. The molecule has 1 aromatic heterocycles. The maximum absolute atomic E-state index is 4.82. The molecule has 1 N–H and O–H groups in total. The van der Waals surface area contributed by atoms with E-state index in [9.17, 15) is 0 Å². The van der Waals surface area contributed by atoms with Gasteiger partial charge in [0, 0.05) is 18.7 Å². The number of imidazole rings is 1. The van der Waals surface area contributed by atoms with Crippen LogP contribution in [0.3, 0.4) is 0 Å². The van der Waals surface area contributed by atoms with Gasteiger partial charge in [0.15, 0.2) is 0 Å². The van der Waals surface area contributed by atoms with E-state index in [4.69, 9.17) is 4.98 Å². The minimum atomic E-state index is 0.814. The van der Waals surface area contributed by atoms with E-state index in [0.29, 0.717) is 0 Å². The van der Waals surface area contributed by atoms with E-state index < -0.39 is 0 Å². The maximum atomic E-state index is 4.82. The fourth-order valence-electron chi connectivity index (χ4n) is 4.10. The molecule has 1 unspecified atom stereocenters. The lowest BCUT2D eigenvalue weighted by molar-refractivity contribution is 0.176. The second-order valence-corrected chi connectivity index (χ2v) is 7.68. The molecule has 25 heavy (non-hydrogen) atoms. The van der Waals surface area contributed by atoms with Crippen molar-refractivity contribution in [3.8, 4) is 11.4 Å². The molecule has 1 aliphatic rings. The first-order chi connectivity index (χ1) is 12.1. The first kappa shape index (κ1) is 16.3. The molecule has 3 nitrogen and oxygen atoms in total. The highest BCUT2D eigenvalue weighted by molar-refractivity contribution is 5.80. The lowest BCUT2D eigenvalue weighted by atomic mass is 9.96. The Kier molecular flexibility index (Phi) is 4.34. The number of likely N-dealkylation sites (tertiary alicyclic amines) is 1. The van der Waals surface area contributed by atoms with E-state index in [1.165, 1.54) is 48.2 Å². The van der Waals surface area contributed by atoms with Crippen molar-refractivity contribution in [2.24, 2.45) is 5.92 Å². The van der Waals surface area contributed by atoms with Crippen LogP contribution in [0.2, 0.25) is 0 Å². The highest BCUT2D eigenvalue weighted by atomic mass is 15.1. The van der Waals surface area contributed by atoms with Crippen LogP contribution in [0.5, 0.6) is 0 Å². The molecule has 0 aliphatic carbocycles. The number of nitrogens with one attached hydrogen (secondary N) is 1. The highest BCUT2D eigenvalue weighted by Gasteiger charge is 2.18. The fourth-order valence-corrected chi connectivity index (χ4v) is 4.10. The molecule has 0 amide bonds. The van der Waals surface area contributed by atoms with Gasteiger partial charge < -0.3 is 4.98 Å². The molecule has 1 aliphatic heterocycles. The summed E-state index contributed by atoms with van der Waals surface area (Å²) in [4.78, 5) is 10.9. The van der Waals surface area contributed by atoms with Crippen molar-refractivity contribution in [3.63, 3.8) is 0 Å². The number of H-pyrrole nitrogens is 1. The molecule has 0 saturated carbocycles. The summed E-state index contributed by atoms with van der Waals surface area (Å²) in [6.45, 7) is 10.3. The van der Waals surface area contributed by atoms with E-state index in [1.807, 2.05) is 6.07 Å². The Morgan fingerprint density at radius 2 is 2.04 bits per heavy atom. The van der Waals surface area contributed by atoms with Crippen LogP contribution in [0, 0.1) is 19.8 Å². The third-order valence-electron chi connectivity index (χ3n) is 5.44. The minimum Gasteiger partial charge on any atom is -0.338 e. The van der Waals surface area contributed by atoms with Crippen LogP contribution < -0.4 is 0 Å². The van der Waals surface area contributed by atoms with E-state index >= 15 is 0 Å². The second-order valence-electron chi connectivity index (χ2n) is 7.68. The molecule has 0 spiro atoms. The minimum absolute atomic E-state index is 0.814. The Morgan fingerprint density at radius 3 is 2.84 bits per heavy atom. The molecule has 2 aromatic carbocycles. The quantitative estimate of drug-likeness (QED) is 0.725. The predicted octanol–water partition coefficient (Wildman–Crippen LogP) is 5.08. The van der Waals surface area contributed by atoms with E-state index in [2.05, 4.69) is 61.0 Å². The first-order valence-electron chi connectivity index (χ1n) is 9.38. The SMILES string of the molecule is Cc1cc(CN2CCCC(C)C2)c(C)c(-c2nc3ccccc3[nH]2)c1. The van der Waals surface area contributed by atoms with Crippen LogP contribution in [0.15, 0.2) is 36.4 Å². The summed E-state index contributed by atoms with van der Waals surface area (Å²) < 4.78 is 0. The molecule has 1 saturated heterocycles. The molecule has 2 heterocycles. The Hall–Kier alpha value is -2.13. The Labute approximate surface area is 150 Å². The molecule has 3 aromatic rings. The lowest BCUT2D eigenvalue weighted by Gasteiger charge is -2.31. The molecule has 4 rings (SSSR count). The van der Waals surface area contributed by atoms with Crippen molar-refractivity contribution in [1.82, 2.24) is 14.9 Å². The lowest BCUT2D eigenvalue weighted by Crippen LogP contribution is -2.34. The fraction of sp³-hybridized carbons (Fsp3) is 0.409. The second kappa shape index (κ2) is 6.64. The van der Waals surface area contributed by atoms with Gasteiger partial charge in [0.1, 0.15) is 5.82 Å². The molecule has 1 fully saturated rings. The highest BCUT2D eigenvalue weighted by Crippen LogP contribution is 2.29. The molecular formula is C22H27N3. The summed E-state index contributed by atoms with van der Waals surface area (Å²) in [6, 6.07) is 12.9. The molecule has 3 heteroatoms. The van der Waals surface area contributed by atoms with Gasteiger partial charge >= 0.3 is 0 Å². The Morgan fingerprint density at radius 1 is 1.20 bits per heavy atom. The average Bonchev–Trinajstić information content (AvgIpc) is 3.01. The first-order valence-corrected chi connectivity index (χ1v) is 9.38. The zero-order valence-electron chi connectivity index (χ0n) is 15.5. The summed E-state index contributed by atoms with van der Waals surface area (Å²) in [5.74, 6) is 1.80. The molecule has 0 bridgehead atoms. The third kappa shape index (κ3) is 3.34. The number of benzene rings is 2. The zero-order valence-corrected chi connectivity index (χ0v) is 15.5. The average molecular weight is 333 g/mol. The molecular weight excluding hydrogens is 306 g/mol. The summed E-state index contributed by atoms with van der Waals surface area (Å²) in [5.41, 5.74) is 7.46. The maximum Gasteiger partial charge on any atom is 0.138 e. The van der Waals surface area contributed by atoms with Crippen LogP contribution in [-0.4, -0.2) is 28.0 Å². The van der Waals surface area contributed by atoms with Gasteiger partial charge in [-0.05, 0) is 68.5 Å². The molecule has 1 atom stereocenters. The van der Waals surface area contributed by atoms with Gasteiger partial charge in [0.05, 0.1) is 11.0 Å². The number of aryl methyl sites for hydroxylation is 1. The van der Waals surface area contributed by atoms with Gasteiger partial charge in [-0.2, -0.15) is 0 Å². The molecule has 130 valence electrons. The van der Waals surface area contributed by atoms with Gasteiger partial charge in [-0.15, -0.1) is 0 Å². The summed E-state index contributed by atoms with van der Waals surface area (Å²) >= 11 is 0. The third-order valence-corrected chi connectivity index (χ3v) is 5.44. The van der Waals surface area contributed by atoms with Crippen molar-refractivity contribution < 1.29 is 0 Å². The van der Waals surface area contributed by atoms with Gasteiger partial charge in [-0.25, -0.2) is 4.98 Å². The number of aromatic amines is 1. The Balaban J connectivity index is 1.70. The van der Waals surface area contributed by atoms with Gasteiger partial charge in [0.2, 0.25) is 0 Å². The number of hydrogen-bond acceptors (Lipinski definition) is 2. The number of aromatic nitrogens is 2. The van der Waals surface area contributed by atoms with Gasteiger partial charge in [-0.1, -0.05) is 30.7 Å². The van der Waals surface area contributed by atoms with Crippen LogP contribution in [-0.2, 0) is 6.54 Å². The monoisotopic (exact) mass is 333 g/mol. The number of fused-ring (bicyclic) bond motifs is 1. The van der Waals surface area contributed by atoms with Crippen LogP contribution in [0.1, 0.15) is 36.5 Å². The topological polar surface area (TPSA) is 31.9 Å². The van der Waals surface area contributed by atoms with Gasteiger partial charge in [-0.3, -0.25) is 4.90 Å². The summed E-state index contributed by atoms with van der Waals surface area (Å²) in [7, 11) is 0. The number of nitrogens with zero attached hydrogens (tertiary/aromatic N) is 2. The zero-order chi connectivity index (χ0) is 17.4. The standard InChI is InChI=1S/C22H27N3/c1-15-7-6-10-25(13-15)14-18-11-16(2)12-19(17(18)3)22-23-20-8-4-5-9-21(20)24-22/h4-5,8-9,11-12,15H,6-7,10,13-14H2,1-3H3,(H,23,24). The van der Waals surface area contributed by atoms with Crippen LogP contribution in [0.25, 0.3) is 22.4 Å². The number of rotatable bonds is 3. The predicted molar refractivity (Wildman–Crippen MR) is 105 cm³/mol. The van der Waals surface area contributed by atoms with Crippen molar-refractivity contribution in [3.05, 3.63) is 53.1 Å². The van der Waals surface area contributed by atoms with E-state index in [1.54, 1.807) is 0 Å². The van der Waals surface area contributed by atoms with Crippen molar-refractivity contribution in [2.45, 2.75) is 40.2 Å². The van der Waals surface area contributed by atoms with Crippen molar-refractivity contribution in [2.75, 3.05) is 13.1 Å². The van der Waals surface area contributed by atoms with E-state index in [-0.39, 0.29) is 0 Å². The van der Waals surface area contributed by atoms with Crippen molar-refractivity contribution in [1.29, 1.82) is 0 Å². The summed E-state index contributed by atoms with van der Waals surface area (Å²) in [6.07, 6.45) is 2.69.